The van der Waals surface area contributed by atoms with Gasteiger partial charge in [-0.1, -0.05) is 0 Å². The van der Waals surface area contributed by atoms with E-state index in [1.807, 2.05) is 20.8 Å². The first-order chi connectivity index (χ1) is 10.9. The lowest BCUT2D eigenvalue weighted by Gasteiger charge is -2.08. The number of aryl methyl sites for hydroxylation is 1. The summed E-state index contributed by atoms with van der Waals surface area (Å²) in [6.45, 7) is 6.26. The van der Waals surface area contributed by atoms with Gasteiger partial charge in [-0.25, -0.2) is 9.07 Å². The molecule has 2 aromatic rings. The number of hydrogen-bond donors (Lipinski definition) is 2. The fraction of sp³-hybridized carbons (Fsp3) is 0.412. The predicted octanol–water partition coefficient (Wildman–Crippen LogP) is 2.02. The number of aromatic nitrogens is 2. The van der Waals surface area contributed by atoms with Gasteiger partial charge in [0.2, 0.25) is 5.91 Å². The molecule has 0 saturated carbocycles. The van der Waals surface area contributed by atoms with Crippen LogP contribution in [-0.2, 0) is 11.2 Å². The van der Waals surface area contributed by atoms with Gasteiger partial charge in [0, 0.05) is 23.8 Å². The van der Waals surface area contributed by atoms with E-state index in [2.05, 4.69) is 10.4 Å². The number of hydrogen-bond acceptors (Lipinski definition) is 3. The van der Waals surface area contributed by atoms with Crippen LogP contribution in [0, 0.1) is 19.7 Å². The zero-order valence-corrected chi connectivity index (χ0v) is 13.8. The van der Waals surface area contributed by atoms with E-state index in [1.54, 1.807) is 16.8 Å². The summed E-state index contributed by atoms with van der Waals surface area (Å²) in [7, 11) is 0. The van der Waals surface area contributed by atoms with Crippen molar-refractivity contribution in [2.75, 3.05) is 6.54 Å². The van der Waals surface area contributed by atoms with Crippen LogP contribution in [0.3, 0.4) is 0 Å². The Hall–Kier alpha value is -2.21. The van der Waals surface area contributed by atoms with Gasteiger partial charge in [0.15, 0.2) is 0 Å². The van der Waals surface area contributed by atoms with Gasteiger partial charge in [-0.15, -0.1) is 0 Å². The third-order valence-corrected chi connectivity index (χ3v) is 3.77. The fourth-order valence-electron chi connectivity index (χ4n) is 2.43. The van der Waals surface area contributed by atoms with Crippen molar-refractivity contribution in [1.29, 1.82) is 0 Å². The van der Waals surface area contributed by atoms with Crippen LogP contribution < -0.4 is 11.1 Å². The third kappa shape index (κ3) is 4.39. The molecule has 1 atom stereocenters. The second kappa shape index (κ2) is 7.37. The molecule has 0 aliphatic carbocycles. The molecule has 0 fully saturated rings. The standard InChI is InChI=1S/C17H23FN4O/c1-11(19)8-9-20-17(23)10-16-12(2)21-22(13(16)3)15-6-4-14(18)5-7-15/h4-7,11H,8-10,19H2,1-3H3,(H,20,23). The lowest BCUT2D eigenvalue weighted by Crippen LogP contribution is -2.30. The fourth-order valence-corrected chi connectivity index (χ4v) is 2.43. The third-order valence-electron chi connectivity index (χ3n) is 3.77. The zero-order chi connectivity index (χ0) is 17.0. The molecule has 1 aromatic heterocycles. The van der Waals surface area contributed by atoms with Gasteiger partial charge >= 0.3 is 0 Å². The maximum absolute atomic E-state index is 13.0. The average Bonchev–Trinajstić information content (AvgIpc) is 2.76. The Morgan fingerprint density at radius 1 is 1.35 bits per heavy atom. The molecule has 1 unspecified atom stereocenters. The highest BCUT2D eigenvalue weighted by Gasteiger charge is 2.15. The Labute approximate surface area is 135 Å². The van der Waals surface area contributed by atoms with Gasteiger partial charge in [-0.2, -0.15) is 5.10 Å². The SMILES string of the molecule is Cc1nn(-c2ccc(F)cc2)c(C)c1CC(=O)NCCC(C)N. The number of nitrogens with zero attached hydrogens (tertiary/aromatic N) is 2. The Kier molecular flexibility index (Phi) is 5.50. The lowest BCUT2D eigenvalue weighted by atomic mass is 10.1. The smallest absolute Gasteiger partial charge is 0.224 e. The van der Waals surface area contributed by atoms with Gasteiger partial charge in [-0.05, 0) is 51.5 Å². The molecule has 0 radical (unpaired) electrons. The van der Waals surface area contributed by atoms with Gasteiger partial charge < -0.3 is 11.1 Å². The number of benzene rings is 1. The molecule has 0 spiro atoms. The van der Waals surface area contributed by atoms with E-state index in [0.29, 0.717) is 6.54 Å². The summed E-state index contributed by atoms with van der Waals surface area (Å²) in [5.41, 5.74) is 9.02. The maximum atomic E-state index is 13.0. The average molecular weight is 318 g/mol. The highest BCUT2D eigenvalue weighted by atomic mass is 19.1. The molecule has 23 heavy (non-hydrogen) atoms. The zero-order valence-electron chi connectivity index (χ0n) is 13.8. The molecule has 124 valence electrons. The van der Waals surface area contributed by atoms with Crippen molar-refractivity contribution in [3.8, 4) is 5.69 Å². The Morgan fingerprint density at radius 3 is 2.61 bits per heavy atom. The lowest BCUT2D eigenvalue weighted by molar-refractivity contribution is -0.120. The summed E-state index contributed by atoms with van der Waals surface area (Å²) in [5, 5.41) is 7.33. The van der Waals surface area contributed by atoms with Crippen molar-refractivity contribution in [3.05, 3.63) is 47.0 Å². The van der Waals surface area contributed by atoms with E-state index in [9.17, 15) is 9.18 Å². The van der Waals surface area contributed by atoms with Crippen molar-refractivity contribution in [2.24, 2.45) is 5.73 Å². The predicted molar refractivity (Wildman–Crippen MR) is 88.0 cm³/mol. The maximum Gasteiger partial charge on any atom is 0.224 e. The van der Waals surface area contributed by atoms with Crippen molar-refractivity contribution < 1.29 is 9.18 Å². The minimum atomic E-state index is -0.288. The number of nitrogens with one attached hydrogen (secondary N) is 1. The Bertz CT molecular complexity index is 677. The molecular formula is C17H23FN4O. The van der Waals surface area contributed by atoms with Crippen molar-refractivity contribution in [3.63, 3.8) is 0 Å². The van der Waals surface area contributed by atoms with Gasteiger partial charge in [0.05, 0.1) is 17.8 Å². The molecule has 0 aliphatic rings. The van der Waals surface area contributed by atoms with Gasteiger partial charge in [0.25, 0.3) is 0 Å². The Balaban J connectivity index is 2.11. The molecule has 5 nitrogen and oxygen atoms in total. The van der Waals surface area contributed by atoms with E-state index in [4.69, 9.17) is 5.73 Å². The van der Waals surface area contributed by atoms with E-state index in [0.717, 1.165) is 29.1 Å². The summed E-state index contributed by atoms with van der Waals surface area (Å²) in [5.74, 6) is -0.334. The highest BCUT2D eigenvalue weighted by molar-refractivity contribution is 5.79. The first-order valence-electron chi connectivity index (χ1n) is 7.71. The Morgan fingerprint density at radius 2 is 2.00 bits per heavy atom. The van der Waals surface area contributed by atoms with Crippen LogP contribution in [0.25, 0.3) is 5.69 Å². The summed E-state index contributed by atoms with van der Waals surface area (Å²) in [4.78, 5) is 12.1. The number of rotatable bonds is 6. The summed E-state index contributed by atoms with van der Waals surface area (Å²) < 4.78 is 14.8. The quantitative estimate of drug-likeness (QED) is 0.856. The summed E-state index contributed by atoms with van der Waals surface area (Å²) in [6, 6.07) is 6.20. The van der Waals surface area contributed by atoms with Crippen LogP contribution in [-0.4, -0.2) is 28.3 Å². The monoisotopic (exact) mass is 318 g/mol. The highest BCUT2D eigenvalue weighted by Crippen LogP contribution is 2.18. The number of carbonyl (C=O) groups is 1. The van der Waals surface area contributed by atoms with Crippen LogP contribution >= 0.6 is 0 Å². The molecular weight excluding hydrogens is 295 g/mol. The van der Waals surface area contributed by atoms with Gasteiger partial charge in [-0.3, -0.25) is 4.79 Å². The first-order valence-corrected chi connectivity index (χ1v) is 7.71. The molecule has 0 aliphatic heterocycles. The molecule has 1 aromatic carbocycles. The van der Waals surface area contributed by atoms with Crippen LogP contribution in [0.5, 0.6) is 0 Å². The van der Waals surface area contributed by atoms with Crippen molar-refractivity contribution in [1.82, 2.24) is 15.1 Å². The van der Waals surface area contributed by atoms with Crippen LogP contribution in [0.15, 0.2) is 24.3 Å². The van der Waals surface area contributed by atoms with Crippen LogP contribution in [0.2, 0.25) is 0 Å². The molecule has 1 heterocycles. The van der Waals surface area contributed by atoms with E-state index in [-0.39, 0.29) is 24.2 Å². The van der Waals surface area contributed by atoms with Crippen molar-refractivity contribution in [2.45, 2.75) is 39.7 Å². The molecule has 3 N–H and O–H groups in total. The minimum Gasteiger partial charge on any atom is -0.356 e. The number of nitrogens with two attached hydrogens (primary N) is 1. The van der Waals surface area contributed by atoms with E-state index in [1.165, 1.54) is 12.1 Å². The summed E-state index contributed by atoms with van der Waals surface area (Å²) in [6.07, 6.45) is 1.02. The van der Waals surface area contributed by atoms with Gasteiger partial charge in [0.1, 0.15) is 5.82 Å². The molecule has 1 amide bonds. The number of amides is 1. The van der Waals surface area contributed by atoms with Crippen LogP contribution in [0.1, 0.15) is 30.3 Å². The largest absolute Gasteiger partial charge is 0.356 e. The van der Waals surface area contributed by atoms with E-state index >= 15 is 0 Å². The minimum absolute atomic E-state index is 0.0458. The summed E-state index contributed by atoms with van der Waals surface area (Å²) >= 11 is 0. The molecule has 0 bridgehead atoms. The second-order valence-electron chi connectivity index (χ2n) is 5.83. The number of halogens is 1. The van der Waals surface area contributed by atoms with Crippen molar-refractivity contribution >= 4 is 5.91 Å². The normalized spacial score (nSPS) is 12.2. The molecule has 6 heteroatoms. The first kappa shape index (κ1) is 17.1. The second-order valence-corrected chi connectivity index (χ2v) is 5.83. The van der Waals surface area contributed by atoms with Crippen LogP contribution in [0.4, 0.5) is 4.39 Å². The number of carbonyl (C=O) groups excluding carboxylic acids is 1. The molecule has 0 saturated heterocycles. The topological polar surface area (TPSA) is 72.9 Å². The molecule has 2 rings (SSSR count). The van der Waals surface area contributed by atoms with E-state index < -0.39 is 0 Å².